The number of esters is 4. The molecule has 0 spiro atoms. The number of carbonyl (C=O) groups is 4. The van der Waals surface area contributed by atoms with E-state index in [0.29, 0.717) is 31.6 Å². The van der Waals surface area contributed by atoms with Crippen LogP contribution < -0.4 is 0 Å². The fourth-order valence-corrected chi connectivity index (χ4v) is 10.8. The summed E-state index contributed by atoms with van der Waals surface area (Å²) >= 11 is 0. The third-order valence-corrected chi connectivity index (χ3v) is 16.9. The Labute approximate surface area is 498 Å². The first-order chi connectivity index (χ1) is 39.2. The zero-order chi connectivity index (χ0) is 61.1. The number of aliphatic hydroxyl groups is 1. The van der Waals surface area contributed by atoms with E-state index in [1.165, 1.54) is 96.3 Å². The van der Waals surface area contributed by atoms with E-state index in [-0.39, 0.29) is 25.7 Å². The maximum Gasteiger partial charge on any atom is 0.472 e. The third-order valence-electron chi connectivity index (χ3n) is 15.0. The number of hydrogen-bond donors (Lipinski definition) is 3. The molecule has 0 aliphatic carbocycles. The van der Waals surface area contributed by atoms with Crippen LogP contribution in [0, 0.1) is 23.7 Å². The number of phosphoric ester groups is 2. The molecule has 0 aromatic rings. The highest BCUT2D eigenvalue weighted by atomic mass is 31.2. The van der Waals surface area contributed by atoms with Crippen LogP contribution in [0.25, 0.3) is 0 Å². The van der Waals surface area contributed by atoms with Crippen LogP contribution in [-0.2, 0) is 65.4 Å². The molecule has 0 saturated carbocycles. The molecule has 17 nitrogen and oxygen atoms in total. The maximum absolute atomic E-state index is 13.0. The van der Waals surface area contributed by atoms with Crippen molar-refractivity contribution in [1.29, 1.82) is 0 Å². The number of hydrogen-bond acceptors (Lipinski definition) is 15. The van der Waals surface area contributed by atoms with Gasteiger partial charge in [0.1, 0.15) is 19.3 Å². The highest BCUT2D eigenvalue weighted by Crippen LogP contribution is 2.45. The molecular weight excluding hydrogens is 1090 g/mol. The third kappa shape index (κ3) is 54.7. The molecular formula is C63H122O17P2. The minimum atomic E-state index is -4.94. The van der Waals surface area contributed by atoms with Gasteiger partial charge in [-0.05, 0) is 49.4 Å². The van der Waals surface area contributed by atoms with Crippen LogP contribution in [0.5, 0.6) is 0 Å². The van der Waals surface area contributed by atoms with Gasteiger partial charge in [-0.25, -0.2) is 9.13 Å². The fraction of sp³-hybridized carbons (Fsp3) is 0.937. The van der Waals surface area contributed by atoms with Crippen molar-refractivity contribution < 1.29 is 80.2 Å². The zero-order valence-corrected chi connectivity index (χ0v) is 54.9. The molecule has 486 valence electrons. The van der Waals surface area contributed by atoms with Crippen LogP contribution in [0.3, 0.4) is 0 Å². The van der Waals surface area contributed by atoms with E-state index < -0.39 is 97.5 Å². The second-order valence-electron chi connectivity index (χ2n) is 24.2. The highest BCUT2D eigenvalue weighted by molar-refractivity contribution is 7.47. The van der Waals surface area contributed by atoms with Gasteiger partial charge in [0.05, 0.1) is 26.4 Å². The van der Waals surface area contributed by atoms with Crippen molar-refractivity contribution in [3.63, 3.8) is 0 Å². The first kappa shape index (κ1) is 80.1. The Hall–Kier alpha value is -1.94. The van der Waals surface area contributed by atoms with Gasteiger partial charge in [-0.3, -0.25) is 37.3 Å². The van der Waals surface area contributed by atoms with E-state index in [9.17, 15) is 43.2 Å². The largest absolute Gasteiger partial charge is 0.472 e. The predicted octanol–water partition coefficient (Wildman–Crippen LogP) is 17.0. The number of aliphatic hydroxyl groups excluding tert-OH is 1. The molecule has 19 heteroatoms. The van der Waals surface area contributed by atoms with Gasteiger partial charge in [-0.1, -0.05) is 248 Å². The molecule has 0 aromatic heterocycles. The lowest BCUT2D eigenvalue weighted by molar-refractivity contribution is -0.161. The van der Waals surface area contributed by atoms with Gasteiger partial charge in [-0.15, -0.1) is 0 Å². The standard InChI is InChI=1S/C63H122O17P2/c1-9-55(7)41-33-25-16-12-14-17-27-35-43-60(65)73-49-59(80-63(68)46-38-30-21-19-24-32-40-54(5)6)52-78-82(71,72)76-48-57(64)47-75-81(69,70)77-51-58(50-74-61(66)44-36-28-22-20-26-34-42-56(8)10-2)79-62(67)45-37-29-18-13-11-15-23-31-39-53(3)4/h53-59,64H,9-52H2,1-8H3,(H,69,70)(H,71,72)/t55?,56?,57-,58+,59+/m0/s1. The fourth-order valence-electron chi connectivity index (χ4n) is 9.19. The lowest BCUT2D eigenvalue weighted by Gasteiger charge is -2.21. The van der Waals surface area contributed by atoms with Gasteiger partial charge in [-0.2, -0.15) is 0 Å². The Morgan fingerprint density at radius 1 is 0.341 bits per heavy atom. The van der Waals surface area contributed by atoms with Gasteiger partial charge in [0.2, 0.25) is 0 Å². The smallest absolute Gasteiger partial charge is 0.462 e. The van der Waals surface area contributed by atoms with E-state index in [1.54, 1.807) is 0 Å². The summed E-state index contributed by atoms with van der Waals surface area (Å²) in [7, 11) is -9.89. The summed E-state index contributed by atoms with van der Waals surface area (Å²) < 4.78 is 67.9. The minimum Gasteiger partial charge on any atom is -0.462 e. The number of ether oxygens (including phenoxy) is 4. The van der Waals surface area contributed by atoms with Crippen LogP contribution >= 0.6 is 15.6 Å². The summed E-state index contributed by atoms with van der Waals surface area (Å²) in [4.78, 5) is 72.1. The van der Waals surface area contributed by atoms with Crippen LogP contribution in [0.2, 0.25) is 0 Å². The van der Waals surface area contributed by atoms with Gasteiger partial charge in [0, 0.05) is 25.7 Å². The first-order valence-corrected chi connectivity index (χ1v) is 35.8. The summed E-state index contributed by atoms with van der Waals surface area (Å²) in [6, 6.07) is 0. The molecule has 0 radical (unpaired) electrons. The Balaban J connectivity index is 5.25. The quantitative estimate of drug-likeness (QED) is 0.0222. The Morgan fingerprint density at radius 3 is 0.866 bits per heavy atom. The van der Waals surface area contributed by atoms with Crippen molar-refractivity contribution in [3.8, 4) is 0 Å². The van der Waals surface area contributed by atoms with Crippen molar-refractivity contribution in [3.05, 3.63) is 0 Å². The average Bonchev–Trinajstić information content (AvgIpc) is 3.44. The van der Waals surface area contributed by atoms with Crippen molar-refractivity contribution in [1.82, 2.24) is 0 Å². The summed E-state index contributed by atoms with van der Waals surface area (Å²) in [5, 5.41) is 10.5. The number of phosphoric acid groups is 2. The van der Waals surface area contributed by atoms with E-state index in [2.05, 4.69) is 55.4 Å². The van der Waals surface area contributed by atoms with Crippen molar-refractivity contribution in [2.45, 2.75) is 318 Å². The van der Waals surface area contributed by atoms with Crippen LogP contribution in [0.4, 0.5) is 0 Å². The maximum atomic E-state index is 13.0. The Morgan fingerprint density at radius 2 is 0.585 bits per heavy atom. The lowest BCUT2D eigenvalue weighted by atomic mass is 9.99. The summed E-state index contributed by atoms with van der Waals surface area (Å²) in [5.41, 5.74) is 0. The Bertz CT molecular complexity index is 1650. The Kier molecular flexibility index (Phi) is 52.0. The molecule has 3 N–H and O–H groups in total. The second kappa shape index (κ2) is 53.3. The summed E-state index contributed by atoms with van der Waals surface area (Å²) in [6.07, 6.45) is 32.3. The average molecular weight is 1210 g/mol. The summed E-state index contributed by atoms with van der Waals surface area (Å²) in [6.45, 7) is 13.9. The van der Waals surface area contributed by atoms with Crippen molar-refractivity contribution in [2.75, 3.05) is 39.6 Å². The molecule has 0 saturated heterocycles. The molecule has 0 fully saturated rings. The molecule has 0 aliphatic rings. The minimum absolute atomic E-state index is 0.101. The zero-order valence-electron chi connectivity index (χ0n) is 53.1. The SMILES string of the molecule is CCC(C)CCCCCCCCCCC(=O)OC[C@H](COP(=O)(O)OC[C@@H](O)COP(=O)(O)OC[C@@H](COC(=O)CCCCCCCCC(C)CC)OC(=O)CCCCCCCCCCC(C)C)OC(=O)CCCCCCCCC(C)C. The lowest BCUT2D eigenvalue weighted by Crippen LogP contribution is -2.30. The second-order valence-corrected chi connectivity index (χ2v) is 27.1. The van der Waals surface area contributed by atoms with Gasteiger partial charge in [0.15, 0.2) is 12.2 Å². The van der Waals surface area contributed by atoms with E-state index in [4.69, 9.17) is 37.0 Å². The molecule has 0 aromatic carbocycles. The van der Waals surface area contributed by atoms with Crippen molar-refractivity contribution >= 4 is 39.5 Å². The molecule has 0 rings (SSSR count). The molecule has 4 unspecified atom stereocenters. The highest BCUT2D eigenvalue weighted by Gasteiger charge is 2.30. The van der Waals surface area contributed by atoms with E-state index >= 15 is 0 Å². The van der Waals surface area contributed by atoms with Gasteiger partial charge in [0.25, 0.3) is 0 Å². The molecule has 82 heavy (non-hydrogen) atoms. The first-order valence-electron chi connectivity index (χ1n) is 32.8. The number of carbonyl (C=O) groups excluding carboxylic acids is 4. The predicted molar refractivity (Wildman–Crippen MR) is 326 cm³/mol. The van der Waals surface area contributed by atoms with E-state index in [1.807, 2.05) is 0 Å². The molecule has 0 aliphatic heterocycles. The normalized spacial score (nSPS) is 15.1. The van der Waals surface area contributed by atoms with Crippen LogP contribution in [0.15, 0.2) is 0 Å². The number of unbranched alkanes of at least 4 members (excludes halogenated alkanes) is 24. The van der Waals surface area contributed by atoms with Crippen LogP contribution in [-0.4, -0.2) is 96.7 Å². The molecule has 0 amide bonds. The van der Waals surface area contributed by atoms with Crippen molar-refractivity contribution in [2.24, 2.45) is 23.7 Å². The molecule has 0 heterocycles. The van der Waals surface area contributed by atoms with Gasteiger partial charge >= 0.3 is 39.5 Å². The van der Waals surface area contributed by atoms with Crippen LogP contribution in [0.1, 0.15) is 299 Å². The monoisotopic (exact) mass is 1210 g/mol. The molecule has 7 atom stereocenters. The summed E-state index contributed by atoms with van der Waals surface area (Å²) in [5.74, 6) is 0.750. The topological polar surface area (TPSA) is 237 Å². The molecule has 0 bridgehead atoms. The number of rotatable bonds is 60. The van der Waals surface area contributed by atoms with E-state index in [0.717, 1.165) is 114 Å². The van der Waals surface area contributed by atoms with Gasteiger partial charge < -0.3 is 33.8 Å².